The number of hydrogen-bond donors (Lipinski definition) is 0. The van der Waals surface area contributed by atoms with Gasteiger partial charge in [0.05, 0.1) is 42.3 Å². The second kappa shape index (κ2) is 7.96. The van der Waals surface area contributed by atoms with Crippen LogP contribution in [0.3, 0.4) is 0 Å². The first-order valence-electron chi connectivity index (χ1n) is 10.0. The largest absolute Gasteiger partial charge is 0.495 e. The van der Waals surface area contributed by atoms with Crippen LogP contribution in [0, 0.1) is 18.3 Å². The molecule has 2 aromatic carbocycles. The van der Waals surface area contributed by atoms with Crippen LogP contribution in [0.25, 0.3) is 22.7 Å². The molecule has 0 amide bonds. The summed E-state index contributed by atoms with van der Waals surface area (Å²) in [4.78, 5) is 13.2. The van der Waals surface area contributed by atoms with E-state index in [4.69, 9.17) is 4.74 Å². The molecule has 0 radical (unpaired) electrons. The van der Waals surface area contributed by atoms with E-state index in [1.807, 2.05) is 66.2 Å². The quantitative estimate of drug-likeness (QED) is 0.429. The Morgan fingerprint density at radius 1 is 1.09 bits per heavy atom. The van der Waals surface area contributed by atoms with Crippen molar-refractivity contribution >= 4 is 5.78 Å². The summed E-state index contributed by atoms with van der Waals surface area (Å²) in [5.41, 5.74) is 4.85. The number of aromatic nitrogens is 6. The molecule has 3 aromatic heterocycles. The van der Waals surface area contributed by atoms with Gasteiger partial charge in [-0.2, -0.15) is 14.8 Å². The van der Waals surface area contributed by atoms with Gasteiger partial charge >= 0.3 is 0 Å². The van der Waals surface area contributed by atoms with Gasteiger partial charge in [-0.15, -0.1) is 5.10 Å². The van der Waals surface area contributed by atoms with E-state index in [1.54, 1.807) is 24.1 Å². The smallest absolute Gasteiger partial charge is 0.253 e. The number of fused-ring (bicyclic) bond motifs is 1. The fourth-order valence-electron chi connectivity index (χ4n) is 3.69. The maximum absolute atomic E-state index is 9.59. The van der Waals surface area contributed by atoms with E-state index in [2.05, 4.69) is 26.1 Å². The Morgan fingerprint density at radius 2 is 1.94 bits per heavy atom. The van der Waals surface area contributed by atoms with Crippen molar-refractivity contribution in [3.05, 3.63) is 89.9 Å². The Bertz CT molecular complexity index is 1460. The van der Waals surface area contributed by atoms with Crippen LogP contribution < -0.4 is 4.74 Å². The number of methoxy groups -OCH3 is 1. The molecule has 0 bridgehead atoms. The molecule has 8 heteroatoms. The zero-order chi connectivity index (χ0) is 22.1. The van der Waals surface area contributed by atoms with Crippen molar-refractivity contribution in [3.8, 4) is 28.8 Å². The Morgan fingerprint density at radius 3 is 2.66 bits per heavy atom. The van der Waals surface area contributed by atoms with Crippen molar-refractivity contribution < 1.29 is 4.74 Å². The normalized spacial score (nSPS) is 10.9. The summed E-state index contributed by atoms with van der Waals surface area (Å²) >= 11 is 0. The van der Waals surface area contributed by atoms with Crippen LogP contribution in [0.15, 0.2) is 67.3 Å². The molecule has 0 saturated carbocycles. The molecule has 0 unspecified atom stereocenters. The molecule has 0 spiro atoms. The van der Waals surface area contributed by atoms with Crippen LogP contribution in [0.1, 0.15) is 22.6 Å². The third kappa shape index (κ3) is 3.46. The van der Waals surface area contributed by atoms with E-state index < -0.39 is 0 Å². The summed E-state index contributed by atoms with van der Waals surface area (Å²) in [5.74, 6) is 1.80. The highest BCUT2D eigenvalue weighted by Gasteiger charge is 2.16. The molecule has 5 rings (SSSR count). The monoisotopic (exact) mass is 421 g/mol. The summed E-state index contributed by atoms with van der Waals surface area (Å²) in [6, 6.07) is 17.9. The number of imidazole rings is 1. The lowest BCUT2D eigenvalue weighted by atomic mass is 10.1. The highest BCUT2D eigenvalue weighted by atomic mass is 16.5. The third-order valence-electron chi connectivity index (χ3n) is 5.17. The Hall–Kier alpha value is -4.51. The first-order valence-corrected chi connectivity index (χ1v) is 10.0. The van der Waals surface area contributed by atoms with Crippen molar-refractivity contribution in [1.82, 2.24) is 29.1 Å². The Balaban J connectivity index is 1.53. The molecule has 0 atom stereocenters. The zero-order valence-corrected chi connectivity index (χ0v) is 17.6. The van der Waals surface area contributed by atoms with E-state index in [0.29, 0.717) is 29.3 Å². The predicted octanol–water partition coefficient (Wildman–Crippen LogP) is 3.76. The van der Waals surface area contributed by atoms with Gasteiger partial charge in [-0.1, -0.05) is 36.4 Å². The van der Waals surface area contributed by atoms with Gasteiger partial charge in [0.15, 0.2) is 5.82 Å². The number of hydrogen-bond acceptors (Lipinski definition) is 6. The minimum Gasteiger partial charge on any atom is -0.495 e. The van der Waals surface area contributed by atoms with E-state index >= 15 is 0 Å². The molecule has 0 fully saturated rings. The van der Waals surface area contributed by atoms with Crippen LogP contribution in [0.2, 0.25) is 0 Å². The predicted molar refractivity (Wildman–Crippen MR) is 119 cm³/mol. The van der Waals surface area contributed by atoms with Gasteiger partial charge in [0.2, 0.25) is 0 Å². The highest BCUT2D eigenvalue weighted by Crippen LogP contribution is 2.26. The van der Waals surface area contributed by atoms with E-state index in [9.17, 15) is 5.26 Å². The van der Waals surface area contributed by atoms with Gasteiger partial charge in [-0.25, -0.2) is 9.97 Å². The third-order valence-corrected chi connectivity index (χ3v) is 5.17. The lowest BCUT2D eigenvalue weighted by Crippen LogP contribution is -2.01. The molecule has 0 aliphatic heterocycles. The number of nitriles is 1. The van der Waals surface area contributed by atoms with Gasteiger partial charge in [-0.05, 0) is 24.6 Å². The van der Waals surface area contributed by atoms with Crippen molar-refractivity contribution in [2.24, 2.45) is 0 Å². The number of benzene rings is 2. The van der Waals surface area contributed by atoms with Gasteiger partial charge in [0.1, 0.15) is 11.8 Å². The minimum atomic E-state index is 0.446. The van der Waals surface area contributed by atoms with Crippen LogP contribution in [-0.2, 0) is 6.42 Å². The number of rotatable bonds is 5. The van der Waals surface area contributed by atoms with E-state index in [0.717, 1.165) is 28.3 Å². The zero-order valence-electron chi connectivity index (χ0n) is 17.6. The van der Waals surface area contributed by atoms with Crippen LogP contribution >= 0.6 is 0 Å². The highest BCUT2D eigenvalue weighted by molar-refractivity contribution is 5.68. The lowest BCUT2D eigenvalue weighted by molar-refractivity contribution is 0.412. The van der Waals surface area contributed by atoms with Gasteiger partial charge < -0.3 is 9.30 Å². The SMILES string of the molecule is COc1cc(Cc2nc3ncc(C#N)c(-c4ccccc4)n3n2)ccc1-n1cnc(C)c1. The van der Waals surface area contributed by atoms with Crippen LogP contribution in [0.5, 0.6) is 5.75 Å². The maximum Gasteiger partial charge on any atom is 0.253 e. The molecule has 0 saturated heterocycles. The van der Waals surface area contributed by atoms with Crippen molar-refractivity contribution in [3.63, 3.8) is 0 Å². The summed E-state index contributed by atoms with van der Waals surface area (Å²) in [6.45, 7) is 1.95. The molecule has 0 N–H and O–H groups in total. The minimum absolute atomic E-state index is 0.446. The Labute approximate surface area is 184 Å². The average molecular weight is 421 g/mol. The molecule has 0 aliphatic carbocycles. The molecule has 156 valence electrons. The molecule has 32 heavy (non-hydrogen) atoms. The van der Waals surface area contributed by atoms with Crippen molar-refractivity contribution in [1.29, 1.82) is 5.26 Å². The lowest BCUT2D eigenvalue weighted by Gasteiger charge is -2.10. The second-order valence-corrected chi connectivity index (χ2v) is 7.34. The van der Waals surface area contributed by atoms with Gasteiger partial charge in [0.25, 0.3) is 5.78 Å². The number of ether oxygens (including phenoxy) is 1. The van der Waals surface area contributed by atoms with Crippen molar-refractivity contribution in [2.75, 3.05) is 7.11 Å². The summed E-state index contributed by atoms with van der Waals surface area (Å²) in [7, 11) is 1.65. The molecule has 3 heterocycles. The van der Waals surface area contributed by atoms with E-state index in [1.165, 1.54) is 0 Å². The summed E-state index contributed by atoms with van der Waals surface area (Å²) in [6.07, 6.45) is 5.75. The fourth-order valence-corrected chi connectivity index (χ4v) is 3.69. The number of nitrogens with zero attached hydrogens (tertiary/aromatic N) is 7. The first kappa shape index (κ1) is 19.5. The first-order chi connectivity index (χ1) is 15.7. The summed E-state index contributed by atoms with van der Waals surface area (Å²) in [5, 5.41) is 14.3. The summed E-state index contributed by atoms with van der Waals surface area (Å²) < 4.78 is 9.18. The van der Waals surface area contributed by atoms with Gasteiger partial charge in [0, 0.05) is 18.2 Å². The average Bonchev–Trinajstić information content (AvgIpc) is 3.44. The fraction of sp³-hybridized carbons (Fsp3) is 0.125. The Kier molecular flexibility index (Phi) is 4.84. The molecule has 8 nitrogen and oxygen atoms in total. The maximum atomic E-state index is 9.59. The van der Waals surface area contributed by atoms with Crippen LogP contribution in [-0.4, -0.2) is 36.2 Å². The molecular weight excluding hydrogens is 402 g/mol. The standard InChI is InChI=1S/C24H19N7O/c1-16-14-30(15-27-16)20-9-8-17(10-21(20)32-2)11-22-28-24-26-13-19(12-25)23(31(24)29-22)18-6-4-3-5-7-18/h3-10,13-15H,11H2,1-2H3. The van der Waals surface area contributed by atoms with Gasteiger partial charge in [-0.3, -0.25) is 0 Å². The molecule has 0 aliphatic rings. The van der Waals surface area contributed by atoms with Crippen molar-refractivity contribution in [2.45, 2.75) is 13.3 Å². The topological polar surface area (TPSA) is 93.9 Å². The van der Waals surface area contributed by atoms with Crippen LogP contribution in [0.4, 0.5) is 0 Å². The second-order valence-electron chi connectivity index (χ2n) is 7.34. The molecule has 5 aromatic rings. The molecular formula is C24H19N7O. The van der Waals surface area contributed by atoms with E-state index in [-0.39, 0.29) is 0 Å². The number of aryl methyl sites for hydroxylation is 1.